The van der Waals surface area contributed by atoms with E-state index in [9.17, 15) is 14.9 Å². The Morgan fingerprint density at radius 1 is 1.06 bits per heavy atom. The second-order valence-electron chi connectivity index (χ2n) is 6.77. The number of aromatic nitrogens is 2. The minimum absolute atomic E-state index is 0.0502. The number of amides is 1. The van der Waals surface area contributed by atoms with E-state index in [4.69, 9.17) is 13.9 Å². The van der Waals surface area contributed by atoms with Gasteiger partial charge in [-0.05, 0) is 30.3 Å². The van der Waals surface area contributed by atoms with Crippen LogP contribution in [0.2, 0.25) is 0 Å². The molecule has 2 aromatic carbocycles. The summed E-state index contributed by atoms with van der Waals surface area (Å²) in [5.41, 5.74) is 1.31. The third-order valence-electron chi connectivity index (χ3n) is 4.55. The third-order valence-corrected chi connectivity index (χ3v) is 4.55. The fourth-order valence-corrected chi connectivity index (χ4v) is 2.99. The van der Waals surface area contributed by atoms with Gasteiger partial charge in [0.1, 0.15) is 24.0 Å². The SMILES string of the molecule is N#Cc1cnn(-c2ccccc2)c1NC(=O)COC(=O)c1occc1COc1ccccc1. The molecule has 9 heteroatoms. The maximum absolute atomic E-state index is 12.4. The molecular weight excluding hydrogens is 424 g/mol. The zero-order valence-electron chi connectivity index (χ0n) is 17.3. The summed E-state index contributed by atoms with van der Waals surface area (Å²) in [4.78, 5) is 24.9. The number of benzene rings is 2. The van der Waals surface area contributed by atoms with Gasteiger partial charge in [0.05, 0.1) is 18.1 Å². The summed E-state index contributed by atoms with van der Waals surface area (Å²) in [6, 6.07) is 21.7. The number of nitrogens with one attached hydrogen (secondary N) is 1. The Hall–Kier alpha value is -4.84. The lowest BCUT2D eigenvalue weighted by Crippen LogP contribution is -2.23. The van der Waals surface area contributed by atoms with Gasteiger partial charge < -0.3 is 19.2 Å². The van der Waals surface area contributed by atoms with Crippen molar-refractivity contribution in [1.29, 1.82) is 5.26 Å². The van der Waals surface area contributed by atoms with Crippen molar-refractivity contribution in [2.75, 3.05) is 11.9 Å². The van der Waals surface area contributed by atoms with Crippen LogP contribution < -0.4 is 10.1 Å². The zero-order chi connectivity index (χ0) is 23.0. The number of carbonyl (C=O) groups excluding carboxylic acids is 2. The molecule has 0 radical (unpaired) electrons. The van der Waals surface area contributed by atoms with Gasteiger partial charge in [-0.2, -0.15) is 10.4 Å². The Balaban J connectivity index is 1.38. The van der Waals surface area contributed by atoms with Crippen molar-refractivity contribution in [3.8, 4) is 17.5 Å². The third kappa shape index (κ3) is 5.08. The predicted octanol–water partition coefficient (Wildman–Crippen LogP) is 3.71. The summed E-state index contributed by atoms with van der Waals surface area (Å²) >= 11 is 0. The molecule has 0 aliphatic carbocycles. The summed E-state index contributed by atoms with van der Waals surface area (Å²) < 4.78 is 17.4. The fourth-order valence-electron chi connectivity index (χ4n) is 2.99. The lowest BCUT2D eigenvalue weighted by atomic mass is 10.2. The second kappa shape index (κ2) is 9.98. The van der Waals surface area contributed by atoms with Crippen LogP contribution in [0.3, 0.4) is 0 Å². The van der Waals surface area contributed by atoms with E-state index in [1.54, 1.807) is 42.5 Å². The Bertz CT molecular complexity index is 1290. The molecule has 0 bridgehead atoms. The molecule has 0 saturated heterocycles. The molecular formula is C24H18N4O5. The number of nitriles is 1. The molecule has 0 unspecified atom stereocenters. The Kier molecular flexibility index (Phi) is 6.47. The average molecular weight is 442 g/mol. The van der Waals surface area contributed by atoms with Gasteiger partial charge in [0.25, 0.3) is 5.91 Å². The molecule has 0 spiro atoms. The highest BCUT2D eigenvalue weighted by atomic mass is 16.5. The standard InChI is InChI=1S/C24H18N4O5/c25-13-18-14-26-28(19-7-3-1-4-8-19)23(18)27-21(29)16-33-24(30)22-17(11-12-31-22)15-32-20-9-5-2-6-10-20/h1-12,14H,15-16H2,(H,27,29). The lowest BCUT2D eigenvalue weighted by Gasteiger charge is -2.10. The largest absolute Gasteiger partial charge is 0.489 e. The average Bonchev–Trinajstić information content (AvgIpc) is 3.49. The maximum Gasteiger partial charge on any atom is 0.375 e. The minimum Gasteiger partial charge on any atom is -0.489 e. The number of para-hydroxylation sites is 2. The van der Waals surface area contributed by atoms with Gasteiger partial charge >= 0.3 is 5.97 Å². The van der Waals surface area contributed by atoms with Gasteiger partial charge in [0.15, 0.2) is 12.4 Å². The van der Waals surface area contributed by atoms with Gasteiger partial charge in [-0.15, -0.1) is 0 Å². The van der Waals surface area contributed by atoms with Crippen LogP contribution in [0, 0.1) is 11.3 Å². The molecule has 2 heterocycles. The van der Waals surface area contributed by atoms with Crippen LogP contribution in [0.25, 0.3) is 5.69 Å². The topological polar surface area (TPSA) is 119 Å². The molecule has 2 aromatic heterocycles. The Labute approximate surface area is 188 Å². The monoisotopic (exact) mass is 442 g/mol. The number of carbonyl (C=O) groups is 2. The van der Waals surface area contributed by atoms with Crippen molar-refractivity contribution < 1.29 is 23.5 Å². The molecule has 1 amide bonds. The minimum atomic E-state index is -0.807. The number of rotatable bonds is 8. The highest BCUT2D eigenvalue weighted by Crippen LogP contribution is 2.20. The number of nitrogens with zero attached hydrogens (tertiary/aromatic N) is 3. The molecule has 0 aliphatic heterocycles. The number of anilines is 1. The van der Waals surface area contributed by atoms with E-state index in [0.717, 1.165) is 0 Å². The molecule has 0 saturated carbocycles. The zero-order valence-corrected chi connectivity index (χ0v) is 17.3. The van der Waals surface area contributed by atoms with Crippen LogP contribution in [0.5, 0.6) is 5.75 Å². The van der Waals surface area contributed by atoms with Gasteiger partial charge in [-0.25, -0.2) is 9.48 Å². The van der Waals surface area contributed by atoms with Crippen molar-refractivity contribution in [3.63, 3.8) is 0 Å². The number of esters is 1. The van der Waals surface area contributed by atoms with Crippen LogP contribution in [0.4, 0.5) is 5.82 Å². The number of hydrogen-bond acceptors (Lipinski definition) is 7. The number of furan rings is 1. The van der Waals surface area contributed by atoms with Crippen molar-refractivity contribution >= 4 is 17.7 Å². The quantitative estimate of drug-likeness (QED) is 0.413. The summed E-state index contributed by atoms with van der Waals surface area (Å²) in [5, 5.41) is 16.1. The summed E-state index contributed by atoms with van der Waals surface area (Å²) in [6.07, 6.45) is 2.69. The molecule has 164 valence electrons. The van der Waals surface area contributed by atoms with E-state index >= 15 is 0 Å². The first-order valence-corrected chi connectivity index (χ1v) is 9.90. The van der Waals surface area contributed by atoms with Gasteiger partial charge in [0.2, 0.25) is 5.76 Å². The van der Waals surface area contributed by atoms with E-state index in [2.05, 4.69) is 10.4 Å². The van der Waals surface area contributed by atoms with Gasteiger partial charge in [0, 0.05) is 5.56 Å². The predicted molar refractivity (Wildman–Crippen MR) is 117 cm³/mol. The van der Waals surface area contributed by atoms with Gasteiger partial charge in [-0.1, -0.05) is 36.4 Å². The maximum atomic E-state index is 12.4. The number of ether oxygens (including phenoxy) is 2. The molecule has 33 heavy (non-hydrogen) atoms. The molecule has 0 atom stereocenters. The molecule has 9 nitrogen and oxygen atoms in total. The Morgan fingerprint density at radius 2 is 1.79 bits per heavy atom. The van der Waals surface area contributed by atoms with E-state index in [1.165, 1.54) is 17.1 Å². The van der Waals surface area contributed by atoms with Crippen molar-refractivity contribution in [2.45, 2.75) is 6.61 Å². The van der Waals surface area contributed by atoms with Crippen molar-refractivity contribution in [1.82, 2.24) is 9.78 Å². The van der Waals surface area contributed by atoms with E-state index in [1.807, 2.05) is 30.3 Å². The molecule has 0 aliphatic rings. The van der Waals surface area contributed by atoms with Crippen molar-refractivity contribution in [3.05, 3.63) is 96.1 Å². The van der Waals surface area contributed by atoms with Crippen LogP contribution in [0.15, 0.2) is 83.6 Å². The smallest absolute Gasteiger partial charge is 0.375 e. The normalized spacial score (nSPS) is 10.3. The summed E-state index contributed by atoms with van der Waals surface area (Å²) in [5.74, 6) is -0.670. The van der Waals surface area contributed by atoms with Crippen molar-refractivity contribution in [2.24, 2.45) is 0 Å². The van der Waals surface area contributed by atoms with Crippen LogP contribution in [0.1, 0.15) is 21.7 Å². The lowest BCUT2D eigenvalue weighted by molar-refractivity contribution is -0.119. The number of hydrogen-bond donors (Lipinski definition) is 1. The first kappa shape index (κ1) is 21.4. The summed E-state index contributed by atoms with van der Waals surface area (Å²) in [6.45, 7) is -0.484. The molecule has 4 rings (SSSR count). The first-order chi connectivity index (χ1) is 16.2. The van der Waals surface area contributed by atoms with Crippen LogP contribution in [-0.2, 0) is 16.1 Å². The Morgan fingerprint density at radius 3 is 2.52 bits per heavy atom. The molecule has 4 aromatic rings. The second-order valence-corrected chi connectivity index (χ2v) is 6.77. The van der Waals surface area contributed by atoms with Gasteiger partial charge in [-0.3, -0.25) is 4.79 Å². The highest BCUT2D eigenvalue weighted by molar-refractivity contribution is 5.95. The first-order valence-electron chi connectivity index (χ1n) is 9.90. The summed E-state index contributed by atoms with van der Waals surface area (Å²) in [7, 11) is 0. The van der Waals surface area contributed by atoms with Crippen LogP contribution >= 0.6 is 0 Å². The molecule has 1 N–H and O–H groups in total. The molecule has 0 fully saturated rings. The van der Waals surface area contributed by atoms with E-state index < -0.39 is 18.5 Å². The van der Waals surface area contributed by atoms with Crippen LogP contribution in [-0.4, -0.2) is 28.3 Å². The fraction of sp³-hybridized carbons (Fsp3) is 0.0833. The van der Waals surface area contributed by atoms with E-state index in [-0.39, 0.29) is 23.7 Å². The highest BCUT2D eigenvalue weighted by Gasteiger charge is 2.20. The van der Waals surface area contributed by atoms with E-state index in [0.29, 0.717) is 17.0 Å².